The molecule has 0 spiro atoms. The lowest BCUT2D eigenvalue weighted by Gasteiger charge is -2.01. The van der Waals surface area contributed by atoms with Crippen LogP contribution in [0, 0.1) is 0 Å². The van der Waals surface area contributed by atoms with Gasteiger partial charge < -0.3 is 18.3 Å². The predicted molar refractivity (Wildman–Crippen MR) is 84.5 cm³/mol. The molecule has 4 rings (SSSR count). The molecule has 110 valence electrons. The van der Waals surface area contributed by atoms with Gasteiger partial charge in [0.25, 0.3) is 0 Å². The molecule has 0 atom stereocenters. The van der Waals surface area contributed by atoms with Crippen LogP contribution in [0.1, 0.15) is 0 Å². The van der Waals surface area contributed by atoms with E-state index in [1.165, 1.54) is 0 Å². The largest absolute Gasteiger partial charge is 0.497 e. The zero-order chi connectivity index (χ0) is 15.1. The summed E-state index contributed by atoms with van der Waals surface area (Å²) in [6.07, 6.45) is 1.68. The highest BCUT2D eigenvalue weighted by atomic mass is 16.5. The number of ether oxygens (including phenoxy) is 2. The van der Waals surface area contributed by atoms with Crippen molar-refractivity contribution >= 4 is 21.9 Å². The molecule has 2 aromatic carbocycles. The minimum Gasteiger partial charge on any atom is -0.497 e. The third-order valence-electron chi connectivity index (χ3n) is 3.78. The molecule has 22 heavy (non-hydrogen) atoms. The van der Waals surface area contributed by atoms with Crippen LogP contribution < -0.4 is 9.47 Å². The lowest BCUT2D eigenvalue weighted by atomic mass is 10.1. The first-order chi connectivity index (χ1) is 10.8. The summed E-state index contributed by atoms with van der Waals surface area (Å²) in [6.45, 7) is 0. The van der Waals surface area contributed by atoms with E-state index in [0.29, 0.717) is 11.5 Å². The zero-order valence-electron chi connectivity index (χ0n) is 12.3. The van der Waals surface area contributed by atoms with E-state index < -0.39 is 0 Å². The maximum absolute atomic E-state index is 5.98. The molecule has 0 bridgehead atoms. The Bertz CT molecular complexity index is 962. The summed E-state index contributed by atoms with van der Waals surface area (Å²) in [5.74, 6) is 2.15. The van der Waals surface area contributed by atoms with E-state index in [4.69, 9.17) is 18.3 Å². The Morgan fingerprint density at radius 3 is 2.55 bits per heavy atom. The highest BCUT2D eigenvalue weighted by Crippen LogP contribution is 2.43. The van der Waals surface area contributed by atoms with Crippen LogP contribution in [0.4, 0.5) is 0 Å². The number of fused-ring (bicyclic) bond motifs is 2. The van der Waals surface area contributed by atoms with Gasteiger partial charge in [-0.15, -0.1) is 0 Å². The molecule has 0 saturated carbocycles. The SMILES string of the molecule is COc1ccc2c(-c3oc4ccccc4c3OC)coc2c1. The van der Waals surface area contributed by atoms with Crippen LogP contribution in [-0.4, -0.2) is 14.2 Å². The van der Waals surface area contributed by atoms with Gasteiger partial charge in [-0.2, -0.15) is 0 Å². The van der Waals surface area contributed by atoms with Gasteiger partial charge in [0, 0.05) is 11.5 Å². The predicted octanol–water partition coefficient (Wildman–Crippen LogP) is 4.86. The van der Waals surface area contributed by atoms with Crippen molar-refractivity contribution in [2.45, 2.75) is 0 Å². The fourth-order valence-corrected chi connectivity index (χ4v) is 2.71. The first-order valence-electron chi connectivity index (χ1n) is 6.93. The molecule has 0 saturated heterocycles. The highest BCUT2D eigenvalue weighted by Gasteiger charge is 2.20. The van der Waals surface area contributed by atoms with Gasteiger partial charge in [0.2, 0.25) is 0 Å². The molecule has 2 aromatic heterocycles. The van der Waals surface area contributed by atoms with Gasteiger partial charge in [-0.1, -0.05) is 12.1 Å². The molecule has 0 unspecified atom stereocenters. The molecule has 4 aromatic rings. The van der Waals surface area contributed by atoms with Crippen LogP contribution in [-0.2, 0) is 0 Å². The van der Waals surface area contributed by atoms with E-state index in [1.54, 1.807) is 20.5 Å². The summed E-state index contributed by atoms with van der Waals surface area (Å²) in [5, 5.41) is 1.90. The van der Waals surface area contributed by atoms with E-state index >= 15 is 0 Å². The second-order valence-electron chi connectivity index (χ2n) is 4.97. The van der Waals surface area contributed by atoms with Crippen molar-refractivity contribution in [3.63, 3.8) is 0 Å². The Balaban J connectivity index is 1.99. The minimum atomic E-state index is 0.674. The molecular weight excluding hydrogens is 280 g/mol. The molecule has 0 amide bonds. The van der Waals surface area contributed by atoms with Crippen LogP contribution in [0.25, 0.3) is 33.3 Å². The summed E-state index contributed by atoms with van der Waals surface area (Å²) in [5.41, 5.74) is 2.40. The minimum absolute atomic E-state index is 0.674. The van der Waals surface area contributed by atoms with Gasteiger partial charge in [-0.25, -0.2) is 0 Å². The summed E-state index contributed by atoms with van der Waals surface area (Å²) < 4.78 is 22.4. The van der Waals surface area contributed by atoms with Gasteiger partial charge in [-0.05, 0) is 24.3 Å². The molecule has 0 radical (unpaired) electrons. The van der Waals surface area contributed by atoms with Crippen molar-refractivity contribution in [2.24, 2.45) is 0 Å². The number of hydrogen-bond acceptors (Lipinski definition) is 4. The van der Waals surface area contributed by atoms with Gasteiger partial charge in [-0.3, -0.25) is 0 Å². The maximum Gasteiger partial charge on any atom is 0.181 e. The fourth-order valence-electron chi connectivity index (χ4n) is 2.71. The van der Waals surface area contributed by atoms with Gasteiger partial charge in [0.15, 0.2) is 11.5 Å². The number of furan rings is 2. The monoisotopic (exact) mass is 294 g/mol. The van der Waals surface area contributed by atoms with Crippen molar-refractivity contribution in [2.75, 3.05) is 14.2 Å². The quantitative estimate of drug-likeness (QED) is 0.541. The van der Waals surface area contributed by atoms with Crippen LogP contribution in [0.3, 0.4) is 0 Å². The molecule has 0 aliphatic heterocycles. The van der Waals surface area contributed by atoms with Crippen molar-refractivity contribution < 1.29 is 18.3 Å². The second kappa shape index (κ2) is 4.84. The van der Waals surface area contributed by atoms with Crippen LogP contribution in [0.2, 0.25) is 0 Å². The van der Waals surface area contributed by atoms with E-state index in [-0.39, 0.29) is 0 Å². The third-order valence-corrected chi connectivity index (χ3v) is 3.78. The Kier molecular flexibility index (Phi) is 2.82. The van der Waals surface area contributed by atoms with E-state index in [1.807, 2.05) is 42.5 Å². The third kappa shape index (κ3) is 1.77. The zero-order valence-corrected chi connectivity index (χ0v) is 12.3. The number of rotatable bonds is 3. The molecular formula is C18H14O4. The van der Waals surface area contributed by atoms with Crippen LogP contribution in [0.15, 0.2) is 57.6 Å². The average Bonchev–Trinajstić information content (AvgIpc) is 3.14. The second-order valence-corrected chi connectivity index (χ2v) is 4.97. The first kappa shape index (κ1) is 12.8. The van der Waals surface area contributed by atoms with Gasteiger partial charge >= 0.3 is 0 Å². The van der Waals surface area contributed by atoms with Crippen LogP contribution >= 0.6 is 0 Å². The molecule has 0 N–H and O–H groups in total. The molecule has 0 fully saturated rings. The molecule has 2 heterocycles. The molecule has 4 heteroatoms. The van der Waals surface area contributed by atoms with E-state index in [9.17, 15) is 0 Å². The van der Waals surface area contributed by atoms with Crippen molar-refractivity contribution in [1.29, 1.82) is 0 Å². The molecule has 0 aliphatic carbocycles. The van der Waals surface area contributed by atoms with Crippen LogP contribution in [0.5, 0.6) is 11.5 Å². The number of benzene rings is 2. The van der Waals surface area contributed by atoms with Crippen molar-refractivity contribution in [3.05, 3.63) is 48.7 Å². The summed E-state index contributed by atoms with van der Waals surface area (Å²) in [7, 11) is 3.28. The molecule has 4 nitrogen and oxygen atoms in total. The average molecular weight is 294 g/mol. The summed E-state index contributed by atoms with van der Waals surface area (Å²) >= 11 is 0. The topological polar surface area (TPSA) is 44.7 Å². The maximum atomic E-state index is 5.98. The van der Waals surface area contributed by atoms with E-state index in [0.717, 1.165) is 33.3 Å². The fraction of sp³-hybridized carbons (Fsp3) is 0.111. The Morgan fingerprint density at radius 1 is 0.864 bits per heavy atom. The number of methoxy groups -OCH3 is 2. The highest BCUT2D eigenvalue weighted by molar-refractivity contribution is 5.99. The van der Waals surface area contributed by atoms with Gasteiger partial charge in [0.1, 0.15) is 23.2 Å². The van der Waals surface area contributed by atoms with E-state index in [2.05, 4.69) is 0 Å². The summed E-state index contributed by atoms with van der Waals surface area (Å²) in [4.78, 5) is 0. The standard InChI is InChI=1S/C18H14O4/c1-19-11-7-8-12-14(10-21-16(12)9-11)18-17(20-2)13-5-3-4-6-15(13)22-18/h3-10H,1-2H3. The summed E-state index contributed by atoms with van der Waals surface area (Å²) in [6, 6.07) is 13.5. The lowest BCUT2D eigenvalue weighted by Crippen LogP contribution is -1.84. The van der Waals surface area contributed by atoms with Crippen molar-refractivity contribution in [1.82, 2.24) is 0 Å². The smallest absolute Gasteiger partial charge is 0.181 e. The Morgan fingerprint density at radius 2 is 1.73 bits per heavy atom. The Labute approximate surface area is 126 Å². The van der Waals surface area contributed by atoms with Gasteiger partial charge in [0.05, 0.1) is 25.2 Å². The first-order valence-corrected chi connectivity index (χ1v) is 6.93. The lowest BCUT2D eigenvalue weighted by molar-refractivity contribution is 0.414. The van der Waals surface area contributed by atoms with Crippen molar-refractivity contribution in [3.8, 4) is 22.8 Å². The number of hydrogen-bond donors (Lipinski definition) is 0. The normalized spacial score (nSPS) is 11.2. The Hall–Kier alpha value is -2.88. The molecule has 0 aliphatic rings. The number of para-hydroxylation sites is 1.